The van der Waals surface area contributed by atoms with Gasteiger partial charge in [0.15, 0.2) is 0 Å². The molecule has 2 N–H and O–H groups in total. The second kappa shape index (κ2) is 4.99. The Hall–Kier alpha value is -1.73. The summed E-state index contributed by atoms with van der Waals surface area (Å²) in [6.07, 6.45) is 3.93. The fourth-order valence-electron chi connectivity index (χ4n) is 0.595. The van der Waals surface area contributed by atoms with E-state index >= 15 is 0 Å². The lowest BCUT2D eigenvalue weighted by atomic mass is 10.2. The zero-order chi connectivity index (χ0) is 9.56. The molecule has 0 rings (SSSR count). The number of allylic oxidation sites excluding steroid dienone is 2. The van der Waals surface area contributed by atoms with Crippen molar-refractivity contribution in [2.45, 2.75) is 6.92 Å². The molecule has 12 heavy (non-hydrogen) atoms. The number of carboxylic acids is 1. The number of aliphatic carboxylic acids is 1. The van der Waals surface area contributed by atoms with E-state index in [0.29, 0.717) is 0 Å². The first-order chi connectivity index (χ1) is 5.63. The number of rotatable bonds is 3. The molecule has 3 nitrogen and oxygen atoms in total. The molecule has 0 aromatic rings. The van der Waals surface area contributed by atoms with E-state index in [-0.39, 0.29) is 11.3 Å². The Balaban J connectivity index is 5.06. The van der Waals surface area contributed by atoms with Gasteiger partial charge < -0.3 is 10.2 Å². The van der Waals surface area contributed by atoms with Crippen molar-refractivity contribution in [2.24, 2.45) is 0 Å². The van der Waals surface area contributed by atoms with Crippen molar-refractivity contribution >= 4 is 5.97 Å². The molecule has 0 heterocycles. The molecule has 0 saturated carbocycles. The Morgan fingerprint density at radius 1 is 1.50 bits per heavy atom. The van der Waals surface area contributed by atoms with E-state index in [1.165, 1.54) is 12.2 Å². The van der Waals surface area contributed by atoms with Crippen molar-refractivity contribution in [3.8, 4) is 0 Å². The van der Waals surface area contributed by atoms with Crippen molar-refractivity contribution < 1.29 is 15.0 Å². The van der Waals surface area contributed by atoms with Gasteiger partial charge in [-0.1, -0.05) is 12.7 Å². The number of carbonyl (C=O) groups is 1. The molecule has 0 radical (unpaired) electrons. The van der Waals surface area contributed by atoms with E-state index in [1.54, 1.807) is 6.92 Å². The number of hydrogen-bond acceptors (Lipinski definition) is 2. The molecule has 0 aliphatic carbocycles. The van der Waals surface area contributed by atoms with Crippen LogP contribution in [0.1, 0.15) is 6.92 Å². The number of aliphatic hydroxyl groups is 1. The molecular formula is C9H10O3. The molecular weight excluding hydrogens is 156 g/mol. The topological polar surface area (TPSA) is 57.5 Å². The lowest BCUT2D eigenvalue weighted by Gasteiger charge is -1.95. The normalized spacial score (nSPS) is 12.1. The van der Waals surface area contributed by atoms with Crippen LogP contribution in [0.3, 0.4) is 0 Å². The average molecular weight is 166 g/mol. The first-order valence-electron chi connectivity index (χ1n) is 3.28. The third-order valence-corrected chi connectivity index (χ3v) is 1.08. The third-order valence-electron chi connectivity index (χ3n) is 1.08. The summed E-state index contributed by atoms with van der Waals surface area (Å²) >= 11 is 0. The first kappa shape index (κ1) is 10.3. The Kier molecular flexibility index (Phi) is 4.27. The molecule has 0 bridgehead atoms. The van der Waals surface area contributed by atoms with E-state index in [4.69, 9.17) is 10.2 Å². The second-order valence-electron chi connectivity index (χ2n) is 1.95. The van der Waals surface area contributed by atoms with Crippen molar-refractivity contribution in [1.82, 2.24) is 0 Å². The van der Waals surface area contributed by atoms with Crippen LogP contribution in [0.25, 0.3) is 0 Å². The SMILES string of the molecule is C=C=C/C(C(=O)O)=C(O)\C=C/C. The molecule has 3 heteroatoms. The third kappa shape index (κ3) is 2.90. The minimum Gasteiger partial charge on any atom is -0.507 e. The molecule has 0 aromatic carbocycles. The average Bonchev–Trinajstić information content (AvgIpc) is 1.99. The van der Waals surface area contributed by atoms with Gasteiger partial charge in [0.2, 0.25) is 0 Å². The quantitative estimate of drug-likeness (QED) is 0.291. The highest BCUT2D eigenvalue weighted by Crippen LogP contribution is 2.04. The minimum absolute atomic E-state index is 0.219. The molecule has 0 amide bonds. The fourth-order valence-corrected chi connectivity index (χ4v) is 0.595. The van der Waals surface area contributed by atoms with Crippen molar-refractivity contribution in [2.75, 3.05) is 0 Å². The van der Waals surface area contributed by atoms with Crippen LogP contribution < -0.4 is 0 Å². The van der Waals surface area contributed by atoms with Gasteiger partial charge in [-0.05, 0) is 19.1 Å². The van der Waals surface area contributed by atoms with Crippen molar-refractivity contribution in [3.63, 3.8) is 0 Å². The monoisotopic (exact) mass is 166 g/mol. The molecule has 0 atom stereocenters. The molecule has 64 valence electrons. The molecule has 0 spiro atoms. The summed E-state index contributed by atoms with van der Waals surface area (Å²) in [6, 6.07) is 0. The Bertz CT molecular complexity index is 274. The van der Waals surface area contributed by atoms with Crippen LogP contribution in [-0.2, 0) is 4.79 Å². The molecule has 0 aliphatic rings. The maximum atomic E-state index is 10.5. The van der Waals surface area contributed by atoms with Crippen molar-refractivity contribution in [3.05, 3.63) is 41.9 Å². The van der Waals surface area contributed by atoms with Crippen LogP contribution in [0.15, 0.2) is 41.9 Å². The van der Waals surface area contributed by atoms with Crippen molar-refractivity contribution in [1.29, 1.82) is 0 Å². The van der Waals surface area contributed by atoms with Crippen LogP contribution in [0.2, 0.25) is 0 Å². The maximum Gasteiger partial charge on any atom is 0.340 e. The van der Waals surface area contributed by atoms with Gasteiger partial charge in [0.1, 0.15) is 11.3 Å². The predicted octanol–water partition coefficient (Wildman–Crippen LogP) is 1.80. The standard InChI is InChI=1S/C9H10O3/c1-3-5-7(9(11)12)8(10)6-4-2/h4-6,10H,1H2,2H3,(H,11,12)/b6-4-,8-7-. The minimum atomic E-state index is -1.21. The largest absolute Gasteiger partial charge is 0.507 e. The number of carboxylic acid groups (broad SMARTS) is 1. The summed E-state index contributed by atoms with van der Waals surface area (Å²) < 4.78 is 0. The first-order valence-corrected chi connectivity index (χ1v) is 3.28. The molecule has 0 aliphatic heterocycles. The highest BCUT2D eigenvalue weighted by Gasteiger charge is 2.07. The summed E-state index contributed by atoms with van der Waals surface area (Å²) in [5.41, 5.74) is 2.06. The summed E-state index contributed by atoms with van der Waals surface area (Å²) in [4.78, 5) is 10.5. The highest BCUT2D eigenvalue weighted by atomic mass is 16.4. The summed E-state index contributed by atoms with van der Waals surface area (Å²) in [6.45, 7) is 4.89. The van der Waals surface area contributed by atoms with Gasteiger partial charge in [-0.2, -0.15) is 0 Å². The van der Waals surface area contributed by atoms with Gasteiger partial charge in [-0.25, -0.2) is 4.79 Å². The van der Waals surface area contributed by atoms with Gasteiger partial charge >= 0.3 is 5.97 Å². The zero-order valence-corrected chi connectivity index (χ0v) is 6.74. The highest BCUT2D eigenvalue weighted by molar-refractivity contribution is 5.90. The Labute approximate surface area is 70.7 Å². The molecule has 0 saturated heterocycles. The number of hydrogen-bond donors (Lipinski definition) is 2. The Morgan fingerprint density at radius 2 is 2.08 bits per heavy atom. The summed E-state index contributed by atoms with van der Waals surface area (Å²) in [5.74, 6) is -1.51. The lowest BCUT2D eigenvalue weighted by molar-refractivity contribution is -0.132. The van der Waals surface area contributed by atoms with Crippen LogP contribution in [0.5, 0.6) is 0 Å². The van der Waals surface area contributed by atoms with Crippen LogP contribution in [0.4, 0.5) is 0 Å². The van der Waals surface area contributed by atoms with Gasteiger partial charge in [-0.3, -0.25) is 0 Å². The van der Waals surface area contributed by atoms with E-state index < -0.39 is 5.97 Å². The van der Waals surface area contributed by atoms with Crippen LogP contribution in [-0.4, -0.2) is 16.2 Å². The maximum absolute atomic E-state index is 10.5. The predicted molar refractivity (Wildman–Crippen MR) is 45.8 cm³/mol. The van der Waals surface area contributed by atoms with E-state index in [2.05, 4.69) is 12.3 Å². The lowest BCUT2D eigenvalue weighted by Crippen LogP contribution is -2.00. The van der Waals surface area contributed by atoms with Crippen LogP contribution in [0, 0.1) is 0 Å². The summed E-state index contributed by atoms with van der Waals surface area (Å²) in [5, 5.41) is 17.7. The van der Waals surface area contributed by atoms with Crippen LogP contribution >= 0.6 is 0 Å². The zero-order valence-electron chi connectivity index (χ0n) is 6.74. The number of aliphatic hydroxyl groups excluding tert-OH is 1. The second-order valence-corrected chi connectivity index (χ2v) is 1.95. The van der Waals surface area contributed by atoms with E-state index in [9.17, 15) is 4.79 Å². The van der Waals surface area contributed by atoms with Gasteiger partial charge in [-0.15, -0.1) is 5.73 Å². The summed E-state index contributed by atoms with van der Waals surface area (Å²) in [7, 11) is 0. The molecule has 0 unspecified atom stereocenters. The van der Waals surface area contributed by atoms with Gasteiger partial charge in [0.25, 0.3) is 0 Å². The fraction of sp³-hybridized carbons (Fsp3) is 0.111. The molecule has 0 fully saturated rings. The Morgan fingerprint density at radius 3 is 2.42 bits per heavy atom. The smallest absolute Gasteiger partial charge is 0.340 e. The van der Waals surface area contributed by atoms with Gasteiger partial charge in [0, 0.05) is 0 Å². The van der Waals surface area contributed by atoms with Gasteiger partial charge in [0.05, 0.1) is 0 Å². The molecule has 0 aromatic heterocycles. The van der Waals surface area contributed by atoms with E-state index in [0.717, 1.165) is 6.08 Å². The van der Waals surface area contributed by atoms with E-state index in [1.807, 2.05) is 0 Å².